The van der Waals surface area contributed by atoms with Gasteiger partial charge in [0.15, 0.2) is 5.79 Å². The molecule has 29 heavy (non-hydrogen) atoms. The first kappa shape index (κ1) is 19.3. The predicted octanol–water partition coefficient (Wildman–Crippen LogP) is 1.86. The van der Waals surface area contributed by atoms with Gasteiger partial charge >= 0.3 is 5.97 Å². The van der Waals surface area contributed by atoms with Crippen molar-refractivity contribution in [3.8, 4) is 0 Å². The summed E-state index contributed by atoms with van der Waals surface area (Å²) >= 11 is 0. The monoisotopic (exact) mass is 398 g/mol. The molecule has 0 saturated carbocycles. The number of methoxy groups -OCH3 is 1. The number of piperidine rings is 1. The zero-order valence-corrected chi connectivity index (χ0v) is 16.1. The van der Waals surface area contributed by atoms with Crippen molar-refractivity contribution in [2.24, 2.45) is 0 Å². The van der Waals surface area contributed by atoms with Crippen molar-refractivity contribution in [2.45, 2.75) is 18.6 Å². The minimum absolute atomic E-state index is 0.157. The number of esters is 1. The topological polar surface area (TPSA) is 103 Å². The van der Waals surface area contributed by atoms with Gasteiger partial charge in [-0.05, 0) is 12.1 Å². The van der Waals surface area contributed by atoms with Crippen LogP contribution < -0.4 is 10.2 Å². The Kier molecular flexibility index (Phi) is 5.41. The fraction of sp³-hybridized carbons (Fsp3) is 0.400. The van der Waals surface area contributed by atoms with Crippen LogP contribution in [0.5, 0.6) is 0 Å². The Morgan fingerprint density at radius 1 is 1.10 bits per heavy atom. The Hall–Kier alpha value is -3.04. The first-order valence-corrected chi connectivity index (χ1v) is 9.44. The Morgan fingerprint density at radius 3 is 2.48 bits per heavy atom. The number of hydrogen-bond donors (Lipinski definition) is 1. The molecule has 2 aliphatic rings. The maximum Gasteiger partial charge on any atom is 0.339 e. The number of nitrogens with zero attached hydrogens (tertiary/aromatic N) is 3. The summed E-state index contributed by atoms with van der Waals surface area (Å²) in [6.45, 7) is 2.77. The average Bonchev–Trinajstić information content (AvgIpc) is 3.22. The summed E-state index contributed by atoms with van der Waals surface area (Å²) in [4.78, 5) is 35.1. The molecular formula is C20H22N4O5. The molecule has 1 amide bonds. The summed E-state index contributed by atoms with van der Waals surface area (Å²) in [7, 11) is 1.29. The molecule has 0 radical (unpaired) electrons. The number of ether oxygens (including phenoxy) is 3. The lowest BCUT2D eigenvalue weighted by Gasteiger charge is -2.37. The average molecular weight is 398 g/mol. The maximum atomic E-state index is 12.5. The fourth-order valence-corrected chi connectivity index (χ4v) is 3.53. The van der Waals surface area contributed by atoms with Gasteiger partial charge in [0.25, 0.3) is 5.91 Å². The van der Waals surface area contributed by atoms with E-state index < -0.39 is 17.7 Å². The van der Waals surface area contributed by atoms with Crippen molar-refractivity contribution in [2.75, 3.05) is 43.6 Å². The van der Waals surface area contributed by atoms with Gasteiger partial charge in [0, 0.05) is 25.9 Å². The van der Waals surface area contributed by atoms with E-state index >= 15 is 0 Å². The molecule has 1 spiro atoms. The molecule has 0 aliphatic carbocycles. The minimum atomic E-state index is -0.527. The van der Waals surface area contributed by atoms with Gasteiger partial charge in [0.2, 0.25) is 0 Å². The molecule has 2 aromatic rings. The molecule has 3 heterocycles. The lowest BCUT2D eigenvalue weighted by atomic mass is 10.0. The Balaban J connectivity index is 1.41. The summed E-state index contributed by atoms with van der Waals surface area (Å²) in [6, 6.07) is 6.62. The Bertz CT molecular complexity index is 886. The van der Waals surface area contributed by atoms with Crippen molar-refractivity contribution in [1.29, 1.82) is 0 Å². The van der Waals surface area contributed by atoms with E-state index in [2.05, 4.69) is 20.2 Å². The van der Waals surface area contributed by atoms with E-state index in [4.69, 9.17) is 14.2 Å². The third kappa shape index (κ3) is 4.06. The SMILES string of the molecule is COC(=O)c1ccccc1NC(=O)c1cnc(N2CCC3(CC2)OCCO3)cn1. The molecule has 0 unspecified atom stereocenters. The second kappa shape index (κ2) is 8.14. The van der Waals surface area contributed by atoms with Gasteiger partial charge in [0.1, 0.15) is 11.5 Å². The summed E-state index contributed by atoms with van der Waals surface area (Å²) < 4.78 is 16.2. The number of anilines is 2. The highest BCUT2D eigenvalue weighted by Gasteiger charge is 2.40. The highest BCUT2D eigenvalue weighted by atomic mass is 16.7. The van der Waals surface area contributed by atoms with Crippen LogP contribution in [-0.2, 0) is 14.2 Å². The normalized spacial score (nSPS) is 17.9. The van der Waals surface area contributed by atoms with E-state index in [-0.39, 0.29) is 11.3 Å². The van der Waals surface area contributed by atoms with Crippen LogP contribution in [0.4, 0.5) is 11.5 Å². The lowest BCUT2D eigenvalue weighted by molar-refractivity contribution is -0.169. The predicted molar refractivity (Wildman–Crippen MR) is 104 cm³/mol. The highest BCUT2D eigenvalue weighted by molar-refractivity contribution is 6.06. The molecule has 0 bridgehead atoms. The van der Waals surface area contributed by atoms with Crippen LogP contribution in [0.1, 0.15) is 33.7 Å². The van der Waals surface area contributed by atoms with Crippen molar-refractivity contribution < 1.29 is 23.8 Å². The van der Waals surface area contributed by atoms with E-state index in [0.29, 0.717) is 24.7 Å². The number of amides is 1. The Morgan fingerprint density at radius 2 is 1.83 bits per heavy atom. The van der Waals surface area contributed by atoms with Crippen LogP contribution in [0.3, 0.4) is 0 Å². The summed E-state index contributed by atoms with van der Waals surface area (Å²) in [5.74, 6) is -0.730. The number of rotatable bonds is 4. The molecule has 4 rings (SSSR count). The largest absolute Gasteiger partial charge is 0.465 e. The van der Waals surface area contributed by atoms with Gasteiger partial charge in [-0.25, -0.2) is 14.8 Å². The van der Waals surface area contributed by atoms with Crippen molar-refractivity contribution in [3.63, 3.8) is 0 Å². The standard InChI is InChI=1S/C20H22N4O5/c1-27-19(26)14-4-2-3-5-15(14)23-18(25)16-12-22-17(13-21-16)24-8-6-20(7-9-24)28-10-11-29-20/h2-5,12-13H,6-11H2,1H3,(H,23,25). The summed E-state index contributed by atoms with van der Waals surface area (Å²) in [5, 5.41) is 2.69. The van der Waals surface area contributed by atoms with Crippen LogP contribution in [0, 0.1) is 0 Å². The number of hydrogen-bond acceptors (Lipinski definition) is 8. The van der Waals surface area contributed by atoms with E-state index in [1.54, 1.807) is 30.5 Å². The van der Waals surface area contributed by atoms with E-state index in [1.165, 1.54) is 13.3 Å². The molecule has 0 atom stereocenters. The molecule has 9 heteroatoms. The molecule has 2 aliphatic heterocycles. The van der Waals surface area contributed by atoms with E-state index in [1.807, 2.05) is 0 Å². The van der Waals surface area contributed by atoms with Gasteiger partial charge < -0.3 is 24.4 Å². The van der Waals surface area contributed by atoms with Crippen LogP contribution in [0.2, 0.25) is 0 Å². The summed E-state index contributed by atoms with van der Waals surface area (Å²) in [5.41, 5.74) is 0.781. The number of carbonyl (C=O) groups excluding carboxylic acids is 2. The fourth-order valence-electron chi connectivity index (χ4n) is 3.53. The molecule has 9 nitrogen and oxygen atoms in total. The second-order valence-electron chi connectivity index (χ2n) is 6.85. The van der Waals surface area contributed by atoms with Gasteiger partial charge in [-0.3, -0.25) is 4.79 Å². The smallest absolute Gasteiger partial charge is 0.339 e. The van der Waals surface area contributed by atoms with E-state index in [0.717, 1.165) is 25.9 Å². The van der Waals surface area contributed by atoms with Crippen molar-refractivity contribution >= 4 is 23.4 Å². The maximum absolute atomic E-state index is 12.5. The Labute approximate surface area is 168 Å². The molecular weight excluding hydrogens is 376 g/mol. The van der Waals surface area contributed by atoms with Crippen LogP contribution in [0.25, 0.3) is 0 Å². The summed E-state index contributed by atoms with van der Waals surface area (Å²) in [6.07, 6.45) is 4.54. The minimum Gasteiger partial charge on any atom is -0.465 e. The van der Waals surface area contributed by atoms with Gasteiger partial charge in [-0.2, -0.15) is 0 Å². The van der Waals surface area contributed by atoms with Crippen LogP contribution in [-0.4, -0.2) is 61.0 Å². The van der Waals surface area contributed by atoms with Crippen molar-refractivity contribution in [3.05, 3.63) is 47.9 Å². The van der Waals surface area contributed by atoms with Gasteiger partial charge in [-0.15, -0.1) is 0 Å². The van der Waals surface area contributed by atoms with Crippen LogP contribution >= 0.6 is 0 Å². The number of aromatic nitrogens is 2. The lowest BCUT2D eigenvalue weighted by Crippen LogP contribution is -2.45. The van der Waals surface area contributed by atoms with Gasteiger partial charge in [0.05, 0.1) is 44.0 Å². The number of para-hydroxylation sites is 1. The molecule has 1 aromatic heterocycles. The quantitative estimate of drug-likeness (QED) is 0.779. The molecule has 2 fully saturated rings. The molecule has 1 N–H and O–H groups in total. The van der Waals surface area contributed by atoms with Gasteiger partial charge in [-0.1, -0.05) is 12.1 Å². The third-order valence-corrected chi connectivity index (χ3v) is 5.11. The van der Waals surface area contributed by atoms with E-state index in [9.17, 15) is 9.59 Å². The second-order valence-corrected chi connectivity index (χ2v) is 6.85. The van der Waals surface area contributed by atoms with Crippen LogP contribution in [0.15, 0.2) is 36.7 Å². The number of benzene rings is 1. The molecule has 1 aromatic carbocycles. The zero-order valence-electron chi connectivity index (χ0n) is 16.1. The first-order valence-electron chi connectivity index (χ1n) is 9.44. The zero-order chi connectivity index (χ0) is 20.3. The van der Waals surface area contributed by atoms with Crippen molar-refractivity contribution in [1.82, 2.24) is 9.97 Å². The number of carbonyl (C=O) groups is 2. The third-order valence-electron chi connectivity index (χ3n) is 5.11. The molecule has 152 valence electrons. The highest BCUT2D eigenvalue weighted by Crippen LogP contribution is 2.32. The first-order chi connectivity index (χ1) is 14.1. The molecule has 2 saturated heterocycles. The number of nitrogens with one attached hydrogen (secondary N) is 1.